The summed E-state index contributed by atoms with van der Waals surface area (Å²) in [4.78, 5) is 9.69. The number of piperidine rings is 1. The maximum Gasteiger partial charge on any atom is 1.00 e. The van der Waals surface area contributed by atoms with Crippen molar-refractivity contribution in [2.75, 3.05) is 25.1 Å². The third-order valence-corrected chi connectivity index (χ3v) is 7.01. The van der Waals surface area contributed by atoms with Gasteiger partial charge in [-0.15, -0.1) is 5.10 Å². The maximum absolute atomic E-state index is 15.2. The number of aryl methyl sites for hydroxylation is 2. The number of hydrogen-bond acceptors (Lipinski definition) is 6. The van der Waals surface area contributed by atoms with Gasteiger partial charge in [-0.2, -0.15) is 0 Å². The number of benzene rings is 1. The van der Waals surface area contributed by atoms with E-state index in [1.165, 1.54) is 10.6 Å². The Morgan fingerprint density at radius 1 is 1.21 bits per heavy atom. The molecule has 3 aromatic heterocycles. The second kappa shape index (κ2) is 13.3. The quantitative estimate of drug-likeness (QED) is 0.258. The second-order valence-electron chi connectivity index (χ2n) is 9.94. The first-order chi connectivity index (χ1) is 19.4. The Bertz CT molecular complexity index is 1590. The fourth-order valence-electron chi connectivity index (χ4n) is 4.98. The summed E-state index contributed by atoms with van der Waals surface area (Å²) in [5.41, 5.74) is 0.286. The minimum atomic E-state index is -1.39. The van der Waals surface area contributed by atoms with E-state index in [-0.39, 0.29) is 76.3 Å². The summed E-state index contributed by atoms with van der Waals surface area (Å²) in [6, 6.07) is 1.77. The zero-order valence-electron chi connectivity index (χ0n) is 24.4. The SMILES string of the molecule is CC.[B]C([B])(C)C(=C)N1CCC(Nc2nc([O-])c3c(-c4cc(F)c5nc(C)n(CCF)c5c4)c(F)cn3n2)C(F)C1.[Na+]. The molecule has 5 rings (SSSR count). The van der Waals surface area contributed by atoms with Gasteiger partial charge in [-0.05, 0) is 36.7 Å². The van der Waals surface area contributed by atoms with E-state index in [0.717, 1.165) is 16.8 Å². The average Bonchev–Trinajstić information content (AvgIpc) is 3.42. The number of nitrogens with one attached hydrogen (secondary N) is 1. The van der Waals surface area contributed by atoms with Crippen LogP contribution in [0, 0.1) is 18.6 Å². The molecular weight excluding hydrogens is 559 g/mol. The maximum atomic E-state index is 15.2. The fourth-order valence-corrected chi connectivity index (χ4v) is 4.98. The Labute approximate surface area is 266 Å². The van der Waals surface area contributed by atoms with E-state index in [2.05, 4.69) is 27.0 Å². The molecule has 4 radical (unpaired) electrons. The molecule has 42 heavy (non-hydrogen) atoms. The van der Waals surface area contributed by atoms with E-state index in [9.17, 15) is 18.3 Å². The summed E-state index contributed by atoms with van der Waals surface area (Å²) in [5.74, 6) is -2.22. The number of halogens is 4. The van der Waals surface area contributed by atoms with Crippen molar-refractivity contribution in [3.63, 3.8) is 0 Å². The molecule has 0 amide bonds. The van der Waals surface area contributed by atoms with Crippen molar-refractivity contribution in [1.82, 2.24) is 29.0 Å². The average molecular weight is 589 g/mol. The summed E-state index contributed by atoms with van der Waals surface area (Å²) in [6.45, 7) is 10.6. The molecule has 0 saturated carbocycles. The van der Waals surface area contributed by atoms with Crippen LogP contribution in [0.4, 0.5) is 23.5 Å². The number of fused-ring (bicyclic) bond motifs is 2. The topological polar surface area (TPSA) is 86.3 Å². The molecule has 4 heterocycles. The predicted molar refractivity (Wildman–Crippen MR) is 151 cm³/mol. The van der Waals surface area contributed by atoms with Crippen molar-refractivity contribution in [2.45, 2.75) is 58.1 Å². The van der Waals surface area contributed by atoms with Crippen LogP contribution in [-0.4, -0.2) is 76.7 Å². The molecule has 0 bridgehead atoms. The summed E-state index contributed by atoms with van der Waals surface area (Å²) in [7, 11) is 11.7. The first-order valence-corrected chi connectivity index (χ1v) is 13.3. The van der Waals surface area contributed by atoms with E-state index in [1.54, 1.807) is 18.7 Å². The number of alkyl halides is 2. The van der Waals surface area contributed by atoms with Gasteiger partial charge in [0.05, 0.1) is 52.1 Å². The molecule has 8 nitrogen and oxygen atoms in total. The van der Waals surface area contributed by atoms with Gasteiger partial charge in [-0.3, -0.25) is 0 Å². The number of allylic oxidation sites excluding steroid dienone is 1. The van der Waals surface area contributed by atoms with Crippen molar-refractivity contribution < 1.29 is 52.2 Å². The third kappa shape index (κ3) is 6.45. The zero-order chi connectivity index (χ0) is 30.2. The number of nitrogens with zero attached hydrogens (tertiary/aromatic N) is 6. The summed E-state index contributed by atoms with van der Waals surface area (Å²) >= 11 is 0. The number of anilines is 1. The molecule has 1 fully saturated rings. The first kappa shape index (κ1) is 33.8. The number of imidazole rings is 1. The van der Waals surface area contributed by atoms with Crippen LogP contribution in [0.25, 0.3) is 27.7 Å². The fraction of sp³-hybridized carbons (Fsp3) is 0.444. The largest absolute Gasteiger partial charge is 1.00 e. The van der Waals surface area contributed by atoms with Crippen molar-refractivity contribution in [3.8, 4) is 17.0 Å². The van der Waals surface area contributed by atoms with Crippen molar-refractivity contribution in [1.29, 1.82) is 0 Å². The Hall–Kier alpha value is -2.70. The summed E-state index contributed by atoms with van der Waals surface area (Å²) in [6.07, 6.45) is -0.118. The molecule has 1 aliphatic heterocycles. The number of rotatable bonds is 7. The minimum absolute atomic E-state index is 0. The molecule has 214 valence electrons. The van der Waals surface area contributed by atoms with Gasteiger partial charge in [0.25, 0.3) is 0 Å². The third-order valence-electron chi connectivity index (χ3n) is 7.01. The number of aromatic nitrogens is 5. The Morgan fingerprint density at radius 2 is 1.90 bits per heavy atom. The second-order valence-corrected chi connectivity index (χ2v) is 9.94. The molecule has 15 heteroatoms. The van der Waals surface area contributed by atoms with Gasteiger partial charge < -0.3 is 19.9 Å². The van der Waals surface area contributed by atoms with Crippen LogP contribution in [0.3, 0.4) is 0 Å². The zero-order valence-corrected chi connectivity index (χ0v) is 26.4. The normalized spacial score (nSPS) is 17.1. The predicted octanol–water partition coefficient (Wildman–Crippen LogP) is 1.22. The number of likely N-dealkylation sites (tertiary alicyclic amines) is 1. The molecule has 1 saturated heterocycles. The summed E-state index contributed by atoms with van der Waals surface area (Å²) in [5, 5.41) is 18.8. The van der Waals surface area contributed by atoms with E-state index in [1.807, 2.05) is 13.8 Å². The van der Waals surface area contributed by atoms with E-state index in [0.29, 0.717) is 24.5 Å². The Kier molecular flexibility index (Phi) is 10.7. The van der Waals surface area contributed by atoms with Crippen LogP contribution in [-0.2, 0) is 6.54 Å². The van der Waals surface area contributed by atoms with Gasteiger partial charge >= 0.3 is 29.6 Å². The van der Waals surface area contributed by atoms with Crippen molar-refractivity contribution >= 4 is 38.2 Å². The molecule has 0 aliphatic carbocycles. The van der Waals surface area contributed by atoms with Crippen LogP contribution in [0.2, 0.25) is 5.21 Å². The van der Waals surface area contributed by atoms with Crippen molar-refractivity contribution in [3.05, 3.63) is 48.1 Å². The van der Waals surface area contributed by atoms with Crippen LogP contribution in [0.1, 0.15) is 33.0 Å². The van der Waals surface area contributed by atoms with Gasteiger partial charge in [0.1, 0.15) is 24.2 Å². The number of hydrogen-bond donors (Lipinski definition) is 1. The molecule has 1 aromatic carbocycles. The standard InChI is InChI=1S/C25H25B2F4N7O.C2H6.Na/c1-12(25(3,26)27)36-6-4-18(16(30)10-36)33-24-34-23(39)22-20(17(31)11-38(22)35-24)14-8-15(29)21-19(9-14)37(7-5-28)13(2)32-21;1-2;/h8-9,11,16,18H,1,4-7,10H2,2-3H3,(H2,33,34,35,39);1-2H3;/q;;+1/p-1. The molecule has 1 N–H and O–H groups in total. The van der Waals surface area contributed by atoms with E-state index < -0.39 is 41.6 Å². The van der Waals surface area contributed by atoms with Crippen molar-refractivity contribution in [2.24, 2.45) is 0 Å². The molecule has 2 unspecified atom stereocenters. The van der Waals surface area contributed by atoms with Gasteiger partial charge in [0, 0.05) is 18.0 Å². The van der Waals surface area contributed by atoms with Crippen LogP contribution < -0.4 is 40.0 Å². The molecular formula is C27H30B2F4N7NaO. The van der Waals surface area contributed by atoms with Gasteiger partial charge in [-0.25, -0.2) is 32.0 Å². The van der Waals surface area contributed by atoms with Crippen LogP contribution in [0.5, 0.6) is 5.88 Å². The monoisotopic (exact) mass is 589 g/mol. The van der Waals surface area contributed by atoms with Gasteiger partial charge in [-0.1, -0.05) is 32.6 Å². The van der Waals surface area contributed by atoms with Gasteiger partial charge in [0.2, 0.25) is 5.95 Å². The summed E-state index contributed by atoms with van der Waals surface area (Å²) < 4.78 is 60.7. The smallest absolute Gasteiger partial charge is 0.857 e. The van der Waals surface area contributed by atoms with E-state index >= 15 is 4.39 Å². The van der Waals surface area contributed by atoms with Crippen LogP contribution in [0.15, 0.2) is 30.6 Å². The molecule has 1 aliphatic rings. The first-order valence-electron chi connectivity index (χ1n) is 13.3. The van der Waals surface area contributed by atoms with E-state index in [4.69, 9.17) is 15.7 Å². The molecule has 0 spiro atoms. The molecule has 2 atom stereocenters. The molecule has 4 aromatic rings. The Balaban J connectivity index is 0.00000158. The van der Waals surface area contributed by atoms with Gasteiger partial charge in [0.15, 0.2) is 11.6 Å². The Morgan fingerprint density at radius 3 is 2.52 bits per heavy atom. The van der Waals surface area contributed by atoms with Crippen LogP contribution >= 0.6 is 0 Å². The minimum Gasteiger partial charge on any atom is -0.857 e.